The third kappa shape index (κ3) is 8.52. The van der Waals surface area contributed by atoms with Gasteiger partial charge in [0, 0.05) is 29.4 Å². The van der Waals surface area contributed by atoms with Gasteiger partial charge in [-0.15, -0.1) is 0 Å². The standard InChI is InChI=1S/C18H24F2O7S.C18H24F2O4/c1-11(2)14(21)26-9-16-4-12-3-13(5-16)7-17(6-12,8-16)15(22)27-10-18(19,20)28(23,24)25;1-9(2)16(21)24-15-12-5-10-4-11(7-12)14(13(15)6-10)17(22)23-8-18(3,19)20/h12-13H,1,3-10H2,2H3,(H,23,24,25);10-15H,1,4-8H2,2-3H3/p-1. The second-order valence-electron chi connectivity index (χ2n) is 16.6. The van der Waals surface area contributed by atoms with Crippen LogP contribution in [0.3, 0.4) is 0 Å². The summed E-state index contributed by atoms with van der Waals surface area (Å²) in [5.74, 6) is -4.72. The molecule has 8 fully saturated rings. The molecule has 0 spiro atoms. The van der Waals surface area contributed by atoms with Crippen LogP contribution in [0, 0.1) is 52.3 Å². The number of alkyl halides is 4. The molecule has 11 nitrogen and oxygen atoms in total. The second-order valence-corrected chi connectivity index (χ2v) is 18.1. The fourth-order valence-electron chi connectivity index (χ4n) is 10.5. The molecule has 16 heteroatoms. The van der Waals surface area contributed by atoms with Crippen molar-refractivity contribution in [2.75, 3.05) is 19.8 Å². The molecule has 0 aromatic carbocycles. The van der Waals surface area contributed by atoms with Crippen molar-refractivity contribution in [3.8, 4) is 0 Å². The average molecular weight is 764 g/mol. The molecule has 0 heterocycles. The highest BCUT2D eigenvalue weighted by Crippen LogP contribution is 2.66. The van der Waals surface area contributed by atoms with Gasteiger partial charge >= 0.3 is 29.1 Å². The van der Waals surface area contributed by atoms with Gasteiger partial charge in [0.25, 0.3) is 5.92 Å². The summed E-state index contributed by atoms with van der Waals surface area (Å²) in [5, 5.41) is -4.67. The monoisotopic (exact) mass is 763 g/mol. The Morgan fingerprint density at radius 2 is 1.38 bits per heavy atom. The molecule has 8 aliphatic rings. The van der Waals surface area contributed by atoms with Gasteiger partial charge in [-0.25, -0.2) is 26.8 Å². The lowest BCUT2D eigenvalue weighted by Crippen LogP contribution is -2.57. The lowest BCUT2D eigenvalue weighted by atomic mass is 9.44. The van der Waals surface area contributed by atoms with E-state index in [1.54, 1.807) is 6.92 Å². The third-order valence-electron chi connectivity index (χ3n) is 11.9. The van der Waals surface area contributed by atoms with Gasteiger partial charge in [0.1, 0.15) is 6.10 Å². The summed E-state index contributed by atoms with van der Waals surface area (Å²) in [6.07, 6.45) is 6.92. The van der Waals surface area contributed by atoms with Crippen molar-refractivity contribution in [1.82, 2.24) is 0 Å². The number of carbonyl (C=O) groups excluding carboxylic acids is 4. The van der Waals surface area contributed by atoms with E-state index in [1.807, 2.05) is 0 Å². The van der Waals surface area contributed by atoms with Crippen molar-refractivity contribution < 1.29 is 68.7 Å². The van der Waals surface area contributed by atoms with Crippen LogP contribution in [0.25, 0.3) is 0 Å². The predicted octanol–water partition coefficient (Wildman–Crippen LogP) is 5.73. The fraction of sp³-hybridized carbons (Fsp3) is 0.778. The average Bonchev–Trinajstić information content (AvgIpc) is 3.01. The molecule has 0 saturated heterocycles. The lowest BCUT2D eigenvalue weighted by molar-refractivity contribution is -0.194. The SMILES string of the molecule is C=C(C)C(=O)OC1C2CC3CC(C2)C(C(=O)OCC(C)(F)F)C1C3.C=C(C)C(=O)OCC12CC3CC(C1)CC(C(=O)OCC(F)(F)S(=O)(=O)[O-])(C3)C2. The molecular formula is C36H47F4O11S-. The summed E-state index contributed by atoms with van der Waals surface area (Å²) < 4.78 is 105. The molecule has 8 bridgehead atoms. The van der Waals surface area contributed by atoms with Crippen LogP contribution in [0.15, 0.2) is 24.3 Å². The Balaban J connectivity index is 0.000000203. The van der Waals surface area contributed by atoms with Gasteiger partial charge in [0.2, 0.25) is 0 Å². The topological polar surface area (TPSA) is 162 Å². The summed E-state index contributed by atoms with van der Waals surface area (Å²) in [4.78, 5) is 48.8. The summed E-state index contributed by atoms with van der Waals surface area (Å²) >= 11 is 0. The molecule has 0 aliphatic heterocycles. The Morgan fingerprint density at radius 1 is 0.788 bits per heavy atom. The van der Waals surface area contributed by atoms with E-state index in [1.165, 1.54) is 6.92 Å². The van der Waals surface area contributed by atoms with E-state index >= 15 is 0 Å². The van der Waals surface area contributed by atoms with Gasteiger partial charge in [-0.1, -0.05) is 13.2 Å². The number of halogens is 4. The maximum atomic E-state index is 13.4. The summed E-state index contributed by atoms with van der Waals surface area (Å²) in [5.41, 5.74) is -0.850. The minimum absolute atomic E-state index is 0.117. The van der Waals surface area contributed by atoms with Gasteiger partial charge in [-0.2, -0.15) is 8.78 Å². The molecule has 8 saturated carbocycles. The highest BCUT2D eigenvalue weighted by molar-refractivity contribution is 7.86. The van der Waals surface area contributed by atoms with Gasteiger partial charge in [-0.05, 0) is 108 Å². The first-order chi connectivity index (χ1) is 23.9. The van der Waals surface area contributed by atoms with Crippen molar-refractivity contribution in [2.24, 2.45) is 52.3 Å². The molecule has 0 amide bonds. The maximum absolute atomic E-state index is 13.4. The Morgan fingerprint density at radius 3 is 1.94 bits per heavy atom. The first kappa shape index (κ1) is 40.2. The minimum Gasteiger partial charge on any atom is -0.743 e. The van der Waals surface area contributed by atoms with Crippen LogP contribution in [-0.4, -0.2) is 73.9 Å². The zero-order valence-electron chi connectivity index (χ0n) is 29.6. The molecule has 8 atom stereocenters. The van der Waals surface area contributed by atoms with Crippen LogP contribution < -0.4 is 0 Å². The highest BCUT2D eigenvalue weighted by atomic mass is 32.2. The van der Waals surface area contributed by atoms with Crippen molar-refractivity contribution in [3.63, 3.8) is 0 Å². The van der Waals surface area contributed by atoms with Gasteiger partial charge < -0.3 is 23.5 Å². The van der Waals surface area contributed by atoms with Crippen molar-refractivity contribution >= 4 is 34.0 Å². The first-order valence-corrected chi connectivity index (χ1v) is 19.1. The van der Waals surface area contributed by atoms with Crippen LogP contribution in [-0.2, 0) is 48.2 Å². The van der Waals surface area contributed by atoms with Crippen molar-refractivity contribution in [1.29, 1.82) is 0 Å². The highest BCUT2D eigenvalue weighted by Gasteiger charge is 2.62. The normalized spacial score (nSPS) is 35.5. The molecule has 0 aromatic rings. The number of ether oxygens (including phenoxy) is 4. The smallest absolute Gasteiger partial charge is 0.367 e. The van der Waals surface area contributed by atoms with E-state index in [0.717, 1.165) is 51.9 Å². The molecule has 8 aliphatic carbocycles. The van der Waals surface area contributed by atoms with E-state index in [4.69, 9.17) is 14.2 Å². The number of carbonyl (C=O) groups is 4. The fourth-order valence-corrected chi connectivity index (χ4v) is 10.7. The molecule has 0 N–H and O–H groups in total. The zero-order valence-corrected chi connectivity index (χ0v) is 30.5. The Kier molecular flexibility index (Phi) is 11.1. The summed E-state index contributed by atoms with van der Waals surface area (Å²) in [6.45, 7) is 8.42. The van der Waals surface area contributed by atoms with E-state index in [2.05, 4.69) is 17.9 Å². The molecular weight excluding hydrogens is 716 g/mol. The number of hydrogen-bond donors (Lipinski definition) is 0. The molecule has 8 rings (SSSR count). The van der Waals surface area contributed by atoms with Gasteiger partial charge in [-0.3, -0.25) is 9.59 Å². The van der Waals surface area contributed by atoms with E-state index in [0.29, 0.717) is 30.8 Å². The lowest BCUT2D eigenvalue weighted by Gasteiger charge is -2.60. The second kappa shape index (κ2) is 14.3. The predicted molar refractivity (Wildman–Crippen MR) is 173 cm³/mol. The first-order valence-electron chi connectivity index (χ1n) is 17.7. The van der Waals surface area contributed by atoms with Crippen LogP contribution in [0.5, 0.6) is 0 Å². The van der Waals surface area contributed by atoms with E-state index in [-0.39, 0.29) is 47.9 Å². The Labute approximate surface area is 300 Å². The van der Waals surface area contributed by atoms with Crippen molar-refractivity contribution in [3.05, 3.63) is 24.3 Å². The Bertz CT molecular complexity index is 1570. The molecule has 0 radical (unpaired) electrons. The summed E-state index contributed by atoms with van der Waals surface area (Å²) in [7, 11) is -5.92. The van der Waals surface area contributed by atoms with E-state index < -0.39 is 75.1 Å². The maximum Gasteiger partial charge on any atom is 0.367 e. The number of rotatable bonds is 12. The third-order valence-corrected chi connectivity index (χ3v) is 12.7. The molecule has 52 heavy (non-hydrogen) atoms. The van der Waals surface area contributed by atoms with E-state index in [9.17, 15) is 49.7 Å². The molecule has 8 unspecified atom stereocenters. The molecule has 292 valence electrons. The minimum atomic E-state index is -5.92. The summed E-state index contributed by atoms with van der Waals surface area (Å²) in [6, 6.07) is 0. The quantitative estimate of drug-likeness (QED) is 0.0785. The van der Waals surface area contributed by atoms with Crippen LogP contribution in [0.1, 0.15) is 85.0 Å². The van der Waals surface area contributed by atoms with Crippen molar-refractivity contribution in [2.45, 2.75) is 102 Å². The van der Waals surface area contributed by atoms with Crippen LogP contribution >= 0.6 is 0 Å². The zero-order chi connectivity index (χ0) is 38.6. The Hall–Kier alpha value is -3.01. The van der Waals surface area contributed by atoms with Gasteiger partial charge in [0.15, 0.2) is 23.3 Å². The number of hydrogen-bond acceptors (Lipinski definition) is 11. The van der Waals surface area contributed by atoms with Gasteiger partial charge in [0.05, 0.1) is 17.9 Å². The van der Waals surface area contributed by atoms with Crippen LogP contribution in [0.2, 0.25) is 0 Å². The molecule has 0 aromatic heterocycles. The van der Waals surface area contributed by atoms with Crippen LogP contribution in [0.4, 0.5) is 17.6 Å². The largest absolute Gasteiger partial charge is 0.743 e. The number of esters is 4.